The highest BCUT2D eigenvalue weighted by molar-refractivity contribution is 7.80. The van der Waals surface area contributed by atoms with E-state index in [9.17, 15) is 0 Å². The van der Waals surface area contributed by atoms with Crippen LogP contribution in [0.5, 0.6) is 11.5 Å². The average molecular weight is 183 g/mol. The molecule has 3 heteroatoms. The van der Waals surface area contributed by atoms with Crippen molar-refractivity contribution in [1.29, 1.82) is 0 Å². The first kappa shape index (κ1) is 9.26. The lowest BCUT2D eigenvalue weighted by Gasteiger charge is -2.04. The topological polar surface area (TPSA) is 18.5 Å². The molecular formula is C9H11O2S. The van der Waals surface area contributed by atoms with Crippen LogP contribution in [0.15, 0.2) is 24.3 Å². The third-order valence-electron chi connectivity index (χ3n) is 1.41. The Morgan fingerprint density at radius 1 is 1.17 bits per heavy atom. The maximum atomic E-state index is 5.29. The van der Waals surface area contributed by atoms with Crippen molar-refractivity contribution in [3.8, 4) is 11.5 Å². The second-order valence-electron chi connectivity index (χ2n) is 2.23. The summed E-state index contributed by atoms with van der Waals surface area (Å²) >= 11 is 4.75. The first-order chi connectivity index (χ1) is 5.86. The second-order valence-corrected chi connectivity index (χ2v) is 2.64. The molecule has 0 unspecified atom stereocenters. The van der Waals surface area contributed by atoms with Gasteiger partial charge in [0.2, 0.25) is 0 Å². The molecule has 0 aromatic heterocycles. The smallest absolute Gasteiger partial charge is 0.119 e. The highest BCUT2D eigenvalue weighted by atomic mass is 32.1. The van der Waals surface area contributed by atoms with Crippen molar-refractivity contribution in [3.63, 3.8) is 0 Å². The standard InChI is InChI=1S/C9H11O2S/c1-10-8-2-4-9(5-3-8)11-6-7-12/h2-5H,6-7H2,1H3. The van der Waals surface area contributed by atoms with E-state index in [1.807, 2.05) is 24.3 Å². The van der Waals surface area contributed by atoms with E-state index in [-0.39, 0.29) is 0 Å². The summed E-state index contributed by atoms with van der Waals surface area (Å²) in [4.78, 5) is 0. The van der Waals surface area contributed by atoms with Gasteiger partial charge in [-0.3, -0.25) is 0 Å². The Labute approximate surface area is 77.9 Å². The zero-order valence-electron chi connectivity index (χ0n) is 6.95. The summed E-state index contributed by atoms with van der Waals surface area (Å²) in [5, 5.41) is 0. The predicted molar refractivity (Wildman–Crippen MR) is 50.9 cm³/mol. The van der Waals surface area contributed by atoms with Crippen LogP contribution in [0.4, 0.5) is 0 Å². The van der Waals surface area contributed by atoms with Crippen LogP contribution in [0, 0.1) is 0 Å². The Balaban J connectivity index is 2.53. The molecule has 0 amide bonds. The van der Waals surface area contributed by atoms with Crippen LogP contribution in [-0.2, 0) is 0 Å². The molecule has 0 atom stereocenters. The minimum Gasteiger partial charge on any atom is -0.497 e. The quantitative estimate of drug-likeness (QED) is 0.713. The molecule has 0 N–H and O–H groups in total. The molecule has 1 rings (SSSR count). The van der Waals surface area contributed by atoms with E-state index in [1.54, 1.807) is 7.11 Å². The maximum absolute atomic E-state index is 5.29. The summed E-state index contributed by atoms with van der Waals surface area (Å²) in [5.41, 5.74) is 0. The number of methoxy groups -OCH3 is 1. The van der Waals surface area contributed by atoms with Gasteiger partial charge in [-0.25, -0.2) is 0 Å². The molecular weight excluding hydrogens is 172 g/mol. The van der Waals surface area contributed by atoms with Gasteiger partial charge in [0.05, 0.1) is 13.7 Å². The maximum Gasteiger partial charge on any atom is 0.119 e. The molecule has 0 aliphatic heterocycles. The van der Waals surface area contributed by atoms with Crippen molar-refractivity contribution in [1.82, 2.24) is 0 Å². The van der Waals surface area contributed by atoms with E-state index in [2.05, 4.69) is 0 Å². The zero-order valence-corrected chi connectivity index (χ0v) is 7.76. The van der Waals surface area contributed by atoms with Crippen LogP contribution in [0.3, 0.4) is 0 Å². The van der Waals surface area contributed by atoms with Gasteiger partial charge in [0, 0.05) is 5.75 Å². The second kappa shape index (κ2) is 4.93. The Hall–Kier alpha value is -0.830. The number of hydrogen-bond acceptors (Lipinski definition) is 2. The Kier molecular flexibility index (Phi) is 3.80. The summed E-state index contributed by atoms with van der Waals surface area (Å²) in [7, 11) is 1.64. The summed E-state index contributed by atoms with van der Waals surface area (Å²) in [5.74, 6) is 2.29. The molecule has 65 valence electrons. The van der Waals surface area contributed by atoms with Crippen LogP contribution < -0.4 is 9.47 Å². The van der Waals surface area contributed by atoms with Gasteiger partial charge < -0.3 is 9.47 Å². The third-order valence-corrected chi connectivity index (χ3v) is 1.58. The molecule has 2 nitrogen and oxygen atoms in total. The number of ether oxygens (including phenoxy) is 2. The molecule has 0 spiro atoms. The van der Waals surface area contributed by atoms with E-state index >= 15 is 0 Å². The fourth-order valence-electron chi connectivity index (χ4n) is 0.831. The van der Waals surface area contributed by atoms with Crippen LogP contribution in [0.1, 0.15) is 0 Å². The summed E-state index contributed by atoms with van der Waals surface area (Å²) in [6.07, 6.45) is 0. The van der Waals surface area contributed by atoms with Crippen LogP contribution >= 0.6 is 12.6 Å². The van der Waals surface area contributed by atoms with Crippen molar-refractivity contribution >= 4 is 12.6 Å². The lowest BCUT2D eigenvalue weighted by atomic mass is 10.3. The molecule has 0 aliphatic carbocycles. The first-order valence-corrected chi connectivity index (χ1v) is 4.29. The van der Waals surface area contributed by atoms with Gasteiger partial charge in [-0.1, -0.05) is 12.6 Å². The largest absolute Gasteiger partial charge is 0.497 e. The molecule has 1 aromatic rings. The van der Waals surface area contributed by atoms with Gasteiger partial charge in [-0.05, 0) is 24.3 Å². The molecule has 12 heavy (non-hydrogen) atoms. The molecule has 0 aliphatic rings. The average Bonchev–Trinajstić information content (AvgIpc) is 2.15. The summed E-state index contributed by atoms with van der Waals surface area (Å²) in [6.45, 7) is 0.585. The minimum absolute atomic E-state index is 0.585. The molecule has 0 bridgehead atoms. The van der Waals surface area contributed by atoms with Gasteiger partial charge in [0.15, 0.2) is 0 Å². The van der Waals surface area contributed by atoms with Crippen molar-refractivity contribution in [2.45, 2.75) is 0 Å². The van der Waals surface area contributed by atoms with Crippen LogP contribution in [0.25, 0.3) is 0 Å². The van der Waals surface area contributed by atoms with E-state index in [0.717, 1.165) is 11.5 Å². The zero-order chi connectivity index (χ0) is 8.81. The summed E-state index contributed by atoms with van der Waals surface area (Å²) in [6, 6.07) is 7.45. The SMILES string of the molecule is COc1ccc(OCC[S])cc1. The monoisotopic (exact) mass is 183 g/mol. The predicted octanol–water partition coefficient (Wildman–Crippen LogP) is 2.27. The highest BCUT2D eigenvalue weighted by Crippen LogP contribution is 2.16. The first-order valence-electron chi connectivity index (χ1n) is 3.72. The van der Waals surface area contributed by atoms with Crippen LogP contribution in [-0.4, -0.2) is 19.5 Å². The fraction of sp³-hybridized carbons (Fsp3) is 0.333. The van der Waals surface area contributed by atoms with Gasteiger partial charge in [0.1, 0.15) is 11.5 Å². The lowest BCUT2D eigenvalue weighted by Crippen LogP contribution is -1.97. The Bertz CT molecular complexity index is 220. The number of rotatable bonds is 4. The molecule has 0 fully saturated rings. The lowest BCUT2D eigenvalue weighted by molar-refractivity contribution is 0.343. The van der Waals surface area contributed by atoms with Crippen molar-refractivity contribution < 1.29 is 9.47 Å². The minimum atomic E-state index is 0.585. The van der Waals surface area contributed by atoms with Gasteiger partial charge in [0.25, 0.3) is 0 Å². The van der Waals surface area contributed by atoms with E-state index in [0.29, 0.717) is 12.4 Å². The van der Waals surface area contributed by atoms with Crippen LogP contribution in [0.2, 0.25) is 0 Å². The number of benzene rings is 1. The fourth-order valence-corrected chi connectivity index (χ4v) is 0.915. The molecule has 1 radical (unpaired) electrons. The normalized spacial score (nSPS) is 9.50. The molecule has 0 saturated heterocycles. The third kappa shape index (κ3) is 2.66. The van der Waals surface area contributed by atoms with Crippen molar-refractivity contribution in [3.05, 3.63) is 24.3 Å². The van der Waals surface area contributed by atoms with Gasteiger partial charge in [-0.15, -0.1) is 0 Å². The van der Waals surface area contributed by atoms with E-state index in [4.69, 9.17) is 22.1 Å². The molecule has 0 saturated carbocycles. The van der Waals surface area contributed by atoms with Crippen molar-refractivity contribution in [2.75, 3.05) is 19.5 Å². The molecule has 0 heterocycles. The van der Waals surface area contributed by atoms with Gasteiger partial charge >= 0.3 is 0 Å². The number of hydrogen-bond donors (Lipinski definition) is 0. The summed E-state index contributed by atoms with van der Waals surface area (Å²) < 4.78 is 10.3. The van der Waals surface area contributed by atoms with E-state index in [1.165, 1.54) is 0 Å². The Morgan fingerprint density at radius 3 is 2.25 bits per heavy atom. The molecule has 1 aromatic carbocycles. The van der Waals surface area contributed by atoms with E-state index < -0.39 is 0 Å². The Morgan fingerprint density at radius 2 is 1.75 bits per heavy atom. The van der Waals surface area contributed by atoms with Crippen molar-refractivity contribution in [2.24, 2.45) is 0 Å². The van der Waals surface area contributed by atoms with Gasteiger partial charge in [-0.2, -0.15) is 0 Å². The highest BCUT2D eigenvalue weighted by Gasteiger charge is 1.93.